The molecule has 0 N–H and O–H groups in total. The second-order valence-electron chi connectivity index (χ2n) is 5.58. The molecule has 2 nitrogen and oxygen atoms in total. The zero-order chi connectivity index (χ0) is 12.5. The second-order valence-corrected chi connectivity index (χ2v) is 5.58. The maximum Gasteiger partial charge on any atom is 0.173 e. The maximum atomic E-state index is 5.93. The SMILES string of the molecule is C#CC(C)(C)C1C/C(=C\C)CCC12OCCO2. The van der Waals surface area contributed by atoms with E-state index >= 15 is 0 Å². The monoisotopic (exact) mass is 234 g/mol. The van der Waals surface area contributed by atoms with E-state index in [2.05, 4.69) is 32.8 Å². The van der Waals surface area contributed by atoms with Gasteiger partial charge in [0, 0.05) is 17.8 Å². The molecule has 2 heteroatoms. The zero-order valence-corrected chi connectivity index (χ0v) is 11.1. The minimum atomic E-state index is -0.428. The number of terminal acetylenes is 1. The quantitative estimate of drug-likeness (QED) is 0.512. The summed E-state index contributed by atoms with van der Waals surface area (Å²) in [5.74, 6) is 2.74. The molecule has 1 heterocycles. The van der Waals surface area contributed by atoms with E-state index in [-0.39, 0.29) is 11.3 Å². The van der Waals surface area contributed by atoms with Crippen LogP contribution in [-0.2, 0) is 9.47 Å². The molecule has 17 heavy (non-hydrogen) atoms. The molecule has 2 aliphatic rings. The first-order chi connectivity index (χ1) is 8.04. The van der Waals surface area contributed by atoms with E-state index in [0.29, 0.717) is 13.2 Å². The van der Waals surface area contributed by atoms with Crippen LogP contribution >= 0.6 is 0 Å². The maximum absolute atomic E-state index is 5.93. The topological polar surface area (TPSA) is 18.5 Å². The molecule has 0 bridgehead atoms. The third-order valence-electron chi connectivity index (χ3n) is 4.22. The Balaban J connectivity index is 2.30. The van der Waals surface area contributed by atoms with Crippen LogP contribution in [-0.4, -0.2) is 19.0 Å². The molecule has 0 amide bonds. The molecule has 1 saturated heterocycles. The predicted octanol–water partition coefficient (Wildman–Crippen LogP) is 3.14. The van der Waals surface area contributed by atoms with Crippen molar-refractivity contribution in [2.75, 3.05) is 13.2 Å². The minimum absolute atomic E-state index is 0.195. The first-order valence-electron chi connectivity index (χ1n) is 6.44. The molecule has 0 aromatic rings. The van der Waals surface area contributed by atoms with Crippen molar-refractivity contribution in [3.05, 3.63) is 11.6 Å². The lowest BCUT2D eigenvalue weighted by Crippen LogP contribution is -2.48. The van der Waals surface area contributed by atoms with Crippen molar-refractivity contribution in [3.63, 3.8) is 0 Å². The van der Waals surface area contributed by atoms with E-state index < -0.39 is 5.79 Å². The number of ether oxygens (including phenoxy) is 2. The lowest BCUT2D eigenvalue weighted by atomic mass is 9.66. The van der Waals surface area contributed by atoms with E-state index in [0.717, 1.165) is 19.3 Å². The van der Waals surface area contributed by atoms with Gasteiger partial charge < -0.3 is 9.47 Å². The van der Waals surface area contributed by atoms with E-state index in [1.165, 1.54) is 5.57 Å². The predicted molar refractivity (Wildman–Crippen MR) is 68.3 cm³/mol. The van der Waals surface area contributed by atoms with Gasteiger partial charge in [-0.3, -0.25) is 0 Å². The van der Waals surface area contributed by atoms with Gasteiger partial charge in [-0.05, 0) is 33.6 Å². The molecule has 1 spiro atoms. The summed E-state index contributed by atoms with van der Waals surface area (Å²) in [5, 5.41) is 0. The van der Waals surface area contributed by atoms with Gasteiger partial charge in [0.25, 0.3) is 0 Å². The molecule has 2 fully saturated rings. The number of hydrogen-bond acceptors (Lipinski definition) is 2. The molecular formula is C15H22O2. The molecule has 0 aromatic heterocycles. The largest absolute Gasteiger partial charge is 0.347 e. The summed E-state index contributed by atoms with van der Waals surface area (Å²) >= 11 is 0. The number of hydrogen-bond donors (Lipinski definition) is 0. The molecule has 1 unspecified atom stereocenters. The van der Waals surface area contributed by atoms with Crippen molar-refractivity contribution in [2.24, 2.45) is 11.3 Å². The Morgan fingerprint density at radius 3 is 2.59 bits per heavy atom. The highest BCUT2D eigenvalue weighted by molar-refractivity contribution is 5.17. The second kappa shape index (κ2) is 4.48. The van der Waals surface area contributed by atoms with Gasteiger partial charge in [-0.1, -0.05) is 11.6 Å². The Labute approximate surface area is 104 Å². The summed E-state index contributed by atoms with van der Waals surface area (Å²) in [5.41, 5.74) is 1.28. The highest BCUT2D eigenvalue weighted by Crippen LogP contribution is 2.50. The lowest BCUT2D eigenvalue weighted by Gasteiger charge is -2.46. The summed E-state index contributed by atoms with van der Waals surface area (Å²) < 4.78 is 11.9. The van der Waals surface area contributed by atoms with E-state index in [1.807, 2.05) is 0 Å². The summed E-state index contributed by atoms with van der Waals surface area (Å²) in [6, 6.07) is 0. The number of allylic oxidation sites excluding steroid dienone is 2. The Bertz CT molecular complexity index is 354. The van der Waals surface area contributed by atoms with Crippen molar-refractivity contribution in [1.82, 2.24) is 0 Å². The van der Waals surface area contributed by atoms with Gasteiger partial charge in [-0.15, -0.1) is 12.3 Å². The normalized spacial score (nSPS) is 30.7. The lowest BCUT2D eigenvalue weighted by molar-refractivity contribution is -0.223. The van der Waals surface area contributed by atoms with E-state index in [1.54, 1.807) is 0 Å². The van der Waals surface area contributed by atoms with Crippen LogP contribution in [0.5, 0.6) is 0 Å². The van der Waals surface area contributed by atoms with Crippen molar-refractivity contribution in [1.29, 1.82) is 0 Å². The number of rotatable bonds is 1. The smallest absolute Gasteiger partial charge is 0.173 e. The van der Waals surface area contributed by atoms with Crippen LogP contribution in [0.4, 0.5) is 0 Å². The van der Waals surface area contributed by atoms with Crippen LogP contribution < -0.4 is 0 Å². The molecule has 2 rings (SSSR count). The van der Waals surface area contributed by atoms with Crippen LogP contribution in [0.15, 0.2) is 11.6 Å². The molecule has 1 atom stereocenters. The fraction of sp³-hybridized carbons (Fsp3) is 0.733. The van der Waals surface area contributed by atoms with Gasteiger partial charge in [0.1, 0.15) is 0 Å². The van der Waals surface area contributed by atoms with Gasteiger partial charge in [0.2, 0.25) is 0 Å². The van der Waals surface area contributed by atoms with Gasteiger partial charge in [0.05, 0.1) is 13.2 Å². The summed E-state index contributed by atoms with van der Waals surface area (Å²) in [6.45, 7) is 7.72. The van der Waals surface area contributed by atoms with Gasteiger partial charge in [-0.25, -0.2) is 0 Å². The summed E-state index contributed by atoms with van der Waals surface area (Å²) in [4.78, 5) is 0. The van der Waals surface area contributed by atoms with Crippen molar-refractivity contribution in [2.45, 2.75) is 45.8 Å². The summed E-state index contributed by atoms with van der Waals surface area (Å²) in [6.07, 6.45) is 10.9. The Kier molecular flexibility index (Phi) is 3.34. The van der Waals surface area contributed by atoms with Crippen LogP contribution in [0.3, 0.4) is 0 Å². The standard InChI is InChI=1S/C15H22O2/c1-5-12-7-8-15(16-9-10-17-15)13(11-12)14(3,4)6-2/h2,5,13H,7-11H2,1,3-4H3/b12-5-. The van der Waals surface area contributed by atoms with E-state index in [9.17, 15) is 0 Å². The molecule has 1 aliphatic carbocycles. The Hall–Kier alpha value is -0.780. The highest BCUT2D eigenvalue weighted by atomic mass is 16.7. The Morgan fingerprint density at radius 1 is 1.41 bits per heavy atom. The average molecular weight is 234 g/mol. The molecule has 1 aliphatic heterocycles. The van der Waals surface area contributed by atoms with Gasteiger partial charge in [0.15, 0.2) is 5.79 Å². The molecule has 0 aromatic carbocycles. The average Bonchev–Trinajstić information content (AvgIpc) is 2.79. The zero-order valence-electron chi connectivity index (χ0n) is 11.1. The minimum Gasteiger partial charge on any atom is -0.347 e. The van der Waals surface area contributed by atoms with Crippen molar-refractivity contribution < 1.29 is 9.47 Å². The molecular weight excluding hydrogens is 212 g/mol. The highest BCUT2D eigenvalue weighted by Gasteiger charge is 2.52. The summed E-state index contributed by atoms with van der Waals surface area (Å²) in [7, 11) is 0. The van der Waals surface area contributed by atoms with Gasteiger partial charge in [-0.2, -0.15) is 0 Å². The van der Waals surface area contributed by atoms with Crippen LogP contribution in [0.1, 0.15) is 40.0 Å². The van der Waals surface area contributed by atoms with Gasteiger partial charge >= 0.3 is 0 Å². The van der Waals surface area contributed by atoms with Crippen LogP contribution in [0, 0.1) is 23.7 Å². The molecule has 1 saturated carbocycles. The van der Waals surface area contributed by atoms with Crippen LogP contribution in [0.25, 0.3) is 0 Å². The Morgan fingerprint density at radius 2 is 2.06 bits per heavy atom. The van der Waals surface area contributed by atoms with Crippen LogP contribution in [0.2, 0.25) is 0 Å². The fourth-order valence-corrected chi connectivity index (χ4v) is 3.01. The molecule has 0 radical (unpaired) electrons. The van der Waals surface area contributed by atoms with Crippen molar-refractivity contribution in [3.8, 4) is 12.3 Å². The first-order valence-corrected chi connectivity index (χ1v) is 6.44. The third-order valence-corrected chi connectivity index (χ3v) is 4.22. The van der Waals surface area contributed by atoms with Crippen molar-refractivity contribution >= 4 is 0 Å². The fourth-order valence-electron chi connectivity index (χ4n) is 3.01. The first kappa shape index (κ1) is 12.7. The third kappa shape index (κ3) is 2.14. The van der Waals surface area contributed by atoms with E-state index in [4.69, 9.17) is 15.9 Å². The molecule has 94 valence electrons.